The van der Waals surface area contributed by atoms with Crippen molar-refractivity contribution < 1.29 is 10.0 Å². The molecule has 1 N–H and O–H groups in total. The molecule has 4 nitrogen and oxygen atoms in total. The Balaban J connectivity index is 2.74. The van der Waals surface area contributed by atoms with Gasteiger partial charge in [-0.15, -0.1) is 0 Å². The summed E-state index contributed by atoms with van der Waals surface area (Å²) in [5, 5.41) is 20.9. The number of rotatable bonds is 6. The molecule has 2 unspecified atom stereocenters. The lowest BCUT2D eigenvalue weighted by Gasteiger charge is -2.13. The highest BCUT2D eigenvalue weighted by Crippen LogP contribution is 2.10. The first kappa shape index (κ1) is 14.4. The van der Waals surface area contributed by atoms with Crippen molar-refractivity contribution in [3.05, 3.63) is 58.2 Å². The van der Waals surface area contributed by atoms with Crippen LogP contribution in [0.5, 0.6) is 0 Å². The third-order valence-electron chi connectivity index (χ3n) is 2.65. The maximum Gasteiger partial charge on any atom is 0.246 e. The molecule has 0 fully saturated rings. The van der Waals surface area contributed by atoms with Crippen LogP contribution < -0.4 is 0 Å². The van der Waals surface area contributed by atoms with Crippen LogP contribution in [0.15, 0.2) is 42.5 Å². The average Bonchev–Trinajstić information content (AvgIpc) is 2.34. The second-order valence-electron chi connectivity index (χ2n) is 4.66. The van der Waals surface area contributed by atoms with Gasteiger partial charge >= 0.3 is 0 Å². The number of hydrogen-bond acceptors (Lipinski definition) is 3. The van der Waals surface area contributed by atoms with Crippen molar-refractivity contribution in [1.29, 1.82) is 0 Å². The summed E-state index contributed by atoms with van der Waals surface area (Å²) in [4.78, 5) is 10.6. The number of hydrogen-bond donors (Lipinski definition) is 1. The maximum atomic E-state index is 11.0. The highest BCUT2D eigenvalue weighted by atomic mass is 16.6. The number of aliphatic hydroxyl groups is 1. The predicted molar refractivity (Wildman–Crippen MR) is 70.9 cm³/mol. The van der Waals surface area contributed by atoms with Gasteiger partial charge in [-0.3, -0.25) is 10.1 Å². The van der Waals surface area contributed by atoms with E-state index < -0.39 is 17.1 Å². The van der Waals surface area contributed by atoms with E-state index in [-0.39, 0.29) is 12.3 Å². The molecule has 0 aliphatic heterocycles. The molecule has 0 heterocycles. The fourth-order valence-corrected chi connectivity index (χ4v) is 1.64. The summed E-state index contributed by atoms with van der Waals surface area (Å²) in [6, 6.07) is 8.19. The zero-order chi connectivity index (χ0) is 13.5. The Morgan fingerprint density at radius 3 is 2.39 bits per heavy atom. The highest BCUT2D eigenvalue weighted by Gasteiger charge is 2.28. The molecular formula is C14H19NO3. The Hall–Kier alpha value is -1.68. The predicted octanol–water partition coefficient (Wildman–Crippen LogP) is 2.45. The smallest absolute Gasteiger partial charge is 0.246 e. The molecule has 98 valence electrons. The van der Waals surface area contributed by atoms with E-state index in [0.29, 0.717) is 0 Å². The molecule has 18 heavy (non-hydrogen) atoms. The monoisotopic (exact) mass is 249 g/mol. The van der Waals surface area contributed by atoms with Crippen molar-refractivity contribution in [1.82, 2.24) is 0 Å². The van der Waals surface area contributed by atoms with Crippen LogP contribution in [0.25, 0.3) is 0 Å². The van der Waals surface area contributed by atoms with Gasteiger partial charge in [-0.05, 0) is 11.5 Å². The molecule has 0 saturated carbocycles. The first-order valence-corrected chi connectivity index (χ1v) is 6.04. The topological polar surface area (TPSA) is 63.4 Å². The van der Waals surface area contributed by atoms with Crippen LogP contribution in [-0.2, 0) is 6.42 Å². The van der Waals surface area contributed by atoms with E-state index in [1.54, 1.807) is 6.08 Å². The average molecular weight is 249 g/mol. The standard InChI is InChI=1S/C14H19NO3/c1-11(2)8-9-14(16)13(15(17)18)10-12-6-4-3-5-7-12/h3-9,11,13-14,16H,10H2,1-2H3/b9-8+. The second-order valence-corrected chi connectivity index (χ2v) is 4.66. The third-order valence-corrected chi connectivity index (χ3v) is 2.65. The molecule has 0 bridgehead atoms. The van der Waals surface area contributed by atoms with Crippen molar-refractivity contribution in [2.75, 3.05) is 0 Å². The van der Waals surface area contributed by atoms with Crippen LogP contribution >= 0.6 is 0 Å². The first-order valence-electron chi connectivity index (χ1n) is 6.04. The lowest BCUT2D eigenvalue weighted by atomic mass is 10.0. The molecule has 0 aliphatic rings. The molecule has 0 amide bonds. The van der Waals surface area contributed by atoms with Crippen molar-refractivity contribution in [3.8, 4) is 0 Å². The summed E-state index contributed by atoms with van der Waals surface area (Å²) in [7, 11) is 0. The van der Waals surface area contributed by atoms with E-state index in [9.17, 15) is 15.2 Å². The lowest BCUT2D eigenvalue weighted by molar-refractivity contribution is -0.531. The molecular weight excluding hydrogens is 230 g/mol. The Morgan fingerprint density at radius 2 is 1.89 bits per heavy atom. The van der Waals surface area contributed by atoms with Crippen molar-refractivity contribution in [3.63, 3.8) is 0 Å². The van der Waals surface area contributed by atoms with Gasteiger partial charge in [-0.1, -0.05) is 56.3 Å². The second kappa shape index (κ2) is 6.91. The minimum absolute atomic E-state index is 0.234. The van der Waals surface area contributed by atoms with Crippen LogP contribution in [0.1, 0.15) is 19.4 Å². The van der Waals surface area contributed by atoms with Gasteiger partial charge in [0.05, 0.1) is 0 Å². The molecule has 0 aliphatic carbocycles. The van der Waals surface area contributed by atoms with E-state index in [1.807, 2.05) is 44.2 Å². The van der Waals surface area contributed by atoms with Gasteiger partial charge in [0.2, 0.25) is 6.04 Å². The van der Waals surface area contributed by atoms with Crippen LogP contribution in [0, 0.1) is 16.0 Å². The van der Waals surface area contributed by atoms with Crippen LogP contribution in [0.3, 0.4) is 0 Å². The van der Waals surface area contributed by atoms with E-state index in [4.69, 9.17) is 0 Å². The fourth-order valence-electron chi connectivity index (χ4n) is 1.64. The number of allylic oxidation sites excluding steroid dienone is 1. The van der Waals surface area contributed by atoms with Crippen molar-refractivity contribution in [2.24, 2.45) is 5.92 Å². The molecule has 0 saturated heterocycles. The lowest BCUT2D eigenvalue weighted by Crippen LogP contribution is -2.34. The summed E-state index contributed by atoms with van der Waals surface area (Å²) in [5.74, 6) is 0.267. The summed E-state index contributed by atoms with van der Waals surface area (Å²) >= 11 is 0. The summed E-state index contributed by atoms with van der Waals surface area (Å²) in [6.07, 6.45) is 2.48. The van der Waals surface area contributed by atoms with E-state index >= 15 is 0 Å². The molecule has 0 radical (unpaired) electrons. The summed E-state index contributed by atoms with van der Waals surface area (Å²) in [5.41, 5.74) is 0.858. The molecule has 1 rings (SSSR count). The van der Waals surface area contributed by atoms with Gasteiger partial charge in [-0.2, -0.15) is 0 Å². The first-order chi connectivity index (χ1) is 8.50. The van der Waals surface area contributed by atoms with Crippen LogP contribution in [-0.4, -0.2) is 22.2 Å². The number of nitrogens with zero attached hydrogens (tertiary/aromatic N) is 1. The Labute approximate surface area is 107 Å². The Morgan fingerprint density at radius 1 is 1.28 bits per heavy atom. The van der Waals surface area contributed by atoms with Gasteiger partial charge < -0.3 is 5.11 Å². The molecule has 1 aromatic carbocycles. The van der Waals surface area contributed by atoms with E-state index in [0.717, 1.165) is 5.56 Å². The van der Waals surface area contributed by atoms with Gasteiger partial charge in [0, 0.05) is 11.3 Å². The van der Waals surface area contributed by atoms with Crippen LogP contribution in [0.2, 0.25) is 0 Å². The van der Waals surface area contributed by atoms with Crippen molar-refractivity contribution >= 4 is 0 Å². The Bertz CT molecular complexity index is 401. The van der Waals surface area contributed by atoms with Gasteiger partial charge in [0.25, 0.3) is 0 Å². The fraction of sp³-hybridized carbons (Fsp3) is 0.429. The SMILES string of the molecule is CC(C)/C=C/C(O)C(Cc1ccccc1)[N+](=O)[O-]. The summed E-state index contributed by atoms with van der Waals surface area (Å²) in [6.45, 7) is 3.92. The molecule has 1 aromatic rings. The van der Waals surface area contributed by atoms with Crippen molar-refractivity contribution in [2.45, 2.75) is 32.4 Å². The van der Waals surface area contributed by atoms with Crippen LogP contribution in [0.4, 0.5) is 0 Å². The molecule has 0 aromatic heterocycles. The Kier molecular flexibility index (Phi) is 5.52. The minimum Gasteiger partial charge on any atom is -0.382 e. The highest BCUT2D eigenvalue weighted by molar-refractivity contribution is 5.16. The molecule has 2 atom stereocenters. The number of benzene rings is 1. The zero-order valence-electron chi connectivity index (χ0n) is 10.7. The quantitative estimate of drug-likeness (QED) is 0.478. The largest absolute Gasteiger partial charge is 0.382 e. The van der Waals surface area contributed by atoms with E-state index in [1.165, 1.54) is 6.08 Å². The van der Waals surface area contributed by atoms with E-state index in [2.05, 4.69) is 0 Å². The number of aliphatic hydroxyl groups excluding tert-OH is 1. The third kappa shape index (κ3) is 4.67. The minimum atomic E-state index is -1.05. The number of nitro groups is 1. The maximum absolute atomic E-state index is 11.0. The van der Waals surface area contributed by atoms with Gasteiger partial charge in [0.1, 0.15) is 6.10 Å². The van der Waals surface area contributed by atoms with Gasteiger partial charge in [0.15, 0.2) is 0 Å². The zero-order valence-corrected chi connectivity index (χ0v) is 10.7. The summed E-state index contributed by atoms with van der Waals surface area (Å²) < 4.78 is 0. The molecule has 0 spiro atoms. The normalized spacial score (nSPS) is 14.9. The molecule has 4 heteroatoms. The van der Waals surface area contributed by atoms with Gasteiger partial charge in [-0.25, -0.2) is 0 Å².